The standard InChI is InChI=1S/C19H22N4O3S/c1-2-26-19(25)17-14(13(11-20)18(21)27-17)12-22-7-9-23(10-8-22)15-5-3-4-6-16(15)24/h3-6,24H,2,7-10,12,21H2,1H3. The van der Waals surface area contributed by atoms with Gasteiger partial charge in [0.05, 0.1) is 17.9 Å². The molecule has 3 N–H and O–H groups in total. The number of nitriles is 1. The lowest BCUT2D eigenvalue weighted by molar-refractivity contribution is 0.0529. The fourth-order valence-electron chi connectivity index (χ4n) is 3.22. The van der Waals surface area contributed by atoms with Crippen LogP contribution in [-0.2, 0) is 11.3 Å². The van der Waals surface area contributed by atoms with Gasteiger partial charge in [-0.25, -0.2) is 4.79 Å². The second-order valence-electron chi connectivity index (χ2n) is 6.23. The molecule has 1 aliphatic heterocycles. The molecule has 0 bridgehead atoms. The highest BCUT2D eigenvalue weighted by molar-refractivity contribution is 7.18. The minimum Gasteiger partial charge on any atom is -0.506 e. The number of hydrogen-bond acceptors (Lipinski definition) is 8. The molecule has 2 aromatic rings. The first kappa shape index (κ1) is 19.0. The third-order valence-corrected chi connectivity index (χ3v) is 5.62. The summed E-state index contributed by atoms with van der Waals surface area (Å²) in [6, 6.07) is 9.41. The number of esters is 1. The van der Waals surface area contributed by atoms with Crippen molar-refractivity contribution >= 4 is 28.0 Å². The number of nitrogens with two attached hydrogens (primary N) is 1. The van der Waals surface area contributed by atoms with Gasteiger partial charge < -0.3 is 20.5 Å². The van der Waals surface area contributed by atoms with E-state index in [1.54, 1.807) is 19.1 Å². The summed E-state index contributed by atoms with van der Waals surface area (Å²) >= 11 is 1.11. The Labute approximate surface area is 162 Å². The zero-order valence-corrected chi connectivity index (χ0v) is 16.0. The van der Waals surface area contributed by atoms with Crippen molar-refractivity contribution in [2.24, 2.45) is 0 Å². The molecule has 0 amide bonds. The van der Waals surface area contributed by atoms with Crippen LogP contribution in [0.1, 0.15) is 27.7 Å². The molecule has 27 heavy (non-hydrogen) atoms. The Morgan fingerprint density at radius 2 is 2.04 bits per heavy atom. The van der Waals surface area contributed by atoms with Gasteiger partial charge in [-0.05, 0) is 19.1 Å². The maximum Gasteiger partial charge on any atom is 0.348 e. The number of phenolic OH excluding ortho intramolecular Hbond substituents is 1. The van der Waals surface area contributed by atoms with Crippen molar-refractivity contribution in [1.29, 1.82) is 5.26 Å². The molecule has 0 saturated carbocycles. The molecule has 0 atom stereocenters. The number of anilines is 2. The molecular formula is C19H22N4O3S. The highest BCUT2D eigenvalue weighted by atomic mass is 32.1. The normalized spacial score (nSPS) is 14.7. The van der Waals surface area contributed by atoms with Crippen molar-refractivity contribution in [3.8, 4) is 11.8 Å². The number of piperazine rings is 1. The van der Waals surface area contributed by atoms with E-state index in [4.69, 9.17) is 10.5 Å². The lowest BCUT2D eigenvalue weighted by Crippen LogP contribution is -2.46. The van der Waals surface area contributed by atoms with E-state index in [1.165, 1.54) is 0 Å². The Morgan fingerprint density at radius 1 is 1.33 bits per heavy atom. The lowest BCUT2D eigenvalue weighted by Gasteiger charge is -2.36. The topological polar surface area (TPSA) is 103 Å². The van der Waals surface area contributed by atoms with Crippen LogP contribution in [0.5, 0.6) is 5.75 Å². The highest BCUT2D eigenvalue weighted by Gasteiger charge is 2.26. The van der Waals surface area contributed by atoms with Gasteiger partial charge in [-0.15, -0.1) is 11.3 Å². The van der Waals surface area contributed by atoms with Gasteiger partial charge in [-0.3, -0.25) is 4.90 Å². The van der Waals surface area contributed by atoms with E-state index in [2.05, 4.69) is 15.9 Å². The summed E-state index contributed by atoms with van der Waals surface area (Å²) in [6.45, 7) is 5.48. The van der Waals surface area contributed by atoms with E-state index in [9.17, 15) is 15.2 Å². The van der Waals surface area contributed by atoms with E-state index >= 15 is 0 Å². The second-order valence-corrected chi connectivity index (χ2v) is 7.29. The number of rotatable bonds is 5. The summed E-state index contributed by atoms with van der Waals surface area (Å²) in [5.74, 6) is -0.161. The van der Waals surface area contributed by atoms with Crippen molar-refractivity contribution in [2.45, 2.75) is 13.5 Å². The molecule has 142 valence electrons. The highest BCUT2D eigenvalue weighted by Crippen LogP contribution is 2.33. The van der Waals surface area contributed by atoms with Crippen LogP contribution in [0.25, 0.3) is 0 Å². The quantitative estimate of drug-likeness (QED) is 0.761. The molecule has 0 radical (unpaired) electrons. The number of benzene rings is 1. The smallest absolute Gasteiger partial charge is 0.348 e. The minimum atomic E-state index is -0.432. The monoisotopic (exact) mass is 386 g/mol. The number of nitrogens with zero attached hydrogens (tertiary/aromatic N) is 3. The number of thiophene rings is 1. The Kier molecular flexibility index (Phi) is 5.84. The Hall–Kier alpha value is -2.76. The van der Waals surface area contributed by atoms with E-state index < -0.39 is 5.97 Å². The van der Waals surface area contributed by atoms with Crippen LogP contribution < -0.4 is 10.6 Å². The van der Waals surface area contributed by atoms with Crippen molar-refractivity contribution < 1.29 is 14.6 Å². The molecule has 1 saturated heterocycles. The van der Waals surface area contributed by atoms with Crippen molar-refractivity contribution in [3.63, 3.8) is 0 Å². The first-order valence-electron chi connectivity index (χ1n) is 8.78. The summed E-state index contributed by atoms with van der Waals surface area (Å²) in [7, 11) is 0. The minimum absolute atomic E-state index is 0.271. The molecule has 1 fully saturated rings. The molecule has 3 rings (SSSR count). The van der Waals surface area contributed by atoms with E-state index in [0.717, 1.165) is 43.2 Å². The number of aromatic hydroxyl groups is 1. The summed E-state index contributed by atoms with van der Waals surface area (Å²) in [6.07, 6.45) is 0. The van der Waals surface area contributed by atoms with Gasteiger partial charge in [0.1, 0.15) is 21.7 Å². The molecule has 0 spiro atoms. The van der Waals surface area contributed by atoms with Crippen LogP contribution in [-0.4, -0.2) is 48.8 Å². The van der Waals surface area contributed by atoms with Crippen LogP contribution in [0.4, 0.5) is 10.7 Å². The van der Waals surface area contributed by atoms with Gasteiger partial charge in [0.2, 0.25) is 0 Å². The first-order chi connectivity index (χ1) is 13.0. The number of nitrogen functional groups attached to an aromatic ring is 1. The van der Waals surface area contributed by atoms with E-state index in [0.29, 0.717) is 27.5 Å². The molecule has 0 unspecified atom stereocenters. The molecule has 1 aliphatic rings. The number of carbonyl (C=O) groups is 1. The van der Waals surface area contributed by atoms with E-state index in [-0.39, 0.29) is 12.4 Å². The predicted octanol–water partition coefficient (Wildman–Crippen LogP) is 2.41. The average molecular weight is 386 g/mol. The molecule has 7 nitrogen and oxygen atoms in total. The van der Waals surface area contributed by atoms with Gasteiger partial charge in [0.15, 0.2) is 0 Å². The van der Waals surface area contributed by atoms with Gasteiger partial charge in [0, 0.05) is 38.3 Å². The number of para-hydroxylation sites is 2. The third kappa shape index (κ3) is 3.99. The predicted molar refractivity (Wildman–Crippen MR) is 105 cm³/mol. The summed E-state index contributed by atoms with van der Waals surface area (Å²) in [4.78, 5) is 17.0. The van der Waals surface area contributed by atoms with E-state index in [1.807, 2.05) is 12.1 Å². The SMILES string of the molecule is CCOC(=O)c1sc(N)c(C#N)c1CN1CCN(c2ccccc2O)CC1. The van der Waals surface area contributed by atoms with Gasteiger partial charge >= 0.3 is 5.97 Å². The molecule has 2 heterocycles. The third-order valence-electron chi connectivity index (χ3n) is 4.58. The number of phenols is 1. The molecule has 0 aliphatic carbocycles. The van der Waals surface area contributed by atoms with Crippen LogP contribution >= 0.6 is 11.3 Å². The molecule has 8 heteroatoms. The largest absolute Gasteiger partial charge is 0.506 e. The van der Waals surface area contributed by atoms with Crippen molar-refractivity contribution in [2.75, 3.05) is 43.4 Å². The van der Waals surface area contributed by atoms with Crippen molar-refractivity contribution in [3.05, 3.63) is 40.3 Å². The Morgan fingerprint density at radius 3 is 2.67 bits per heavy atom. The maximum atomic E-state index is 12.2. The average Bonchev–Trinajstić information content (AvgIpc) is 2.98. The number of ether oxygens (including phenoxy) is 1. The van der Waals surface area contributed by atoms with Crippen LogP contribution in [0.2, 0.25) is 0 Å². The Balaban J connectivity index is 1.73. The zero-order valence-electron chi connectivity index (χ0n) is 15.1. The van der Waals surface area contributed by atoms with Gasteiger partial charge in [0.25, 0.3) is 0 Å². The molecular weight excluding hydrogens is 364 g/mol. The lowest BCUT2D eigenvalue weighted by atomic mass is 10.1. The second kappa shape index (κ2) is 8.29. The molecule has 1 aromatic heterocycles. The van der Waals surface area contributed by atoms with Crippen LogP contribution in [0.15, 0.2) is 24.3 Å². The van der Waals surface area contributed by atoms with Crippen LogP contribution in [0.3, 0.4) is 0 Å². The fraction of sp³-hybridized carbons (Fsp3) is 0.368. The summed E-state index contributed by atoms with van der Waals surface area (Å²) in [5.41, 5.74) is 7.78. The first-order valence-corrected chi connectivity index (χ1v) is 9.60. The summed E-state index contributed by atoms with van der Waals surface area (Å²) < 4.78 is 5.11. The fourth-order valence-corrected chi connectivity index (χ4v) is 4.14. The number of carbonyl (C=O) groups excluding carboxylic acids is 1. The van der Waals surface area contributed by atoms with Gasteiger partial charge in [-0.1, -0.05) is 12.1 Å². The van der Waals surface area contributed by atoms with Crippen molar-refractivity contribution in [1.82, 2.24) is 4.90 Å². The Bertz CT molecular complexity index is 866. The van der Waals surface area contributed by atoms with Gasteiger partial charge in [-0.2, -0.15) is 5.26 Å². The summed E-state index contributed by atoms with van der Waals surface area (Å²) in [5, 5.41) is 19.8. The van der Waals surface area contributed by atoms with Crippen LogP contribution in [0, 0.1) is 11.3 Å². The number of hydrogen-bond donors (Lipinski definition) is 2. The zero-order chi connectivity index (χ0) is 19.4. The maximum absolute atomic E-state index is 12.2. The molecule has 1 aromatic carbocycles.